The molecule has 0 radical (unpaired) electrons. The molecule has 0 saturated carbocycles. The lowest BCUT2D eigenvalue weighted by atomic mass is 10.3. The molecule has 0 unspecified atom stereocenters. The van der Waals surface area contributed by atoms with Gasteiger partial charge in [0, 0.05) is 10.6 Å². The summed E-state index contributed by atoms with van der Waals surface area (Å²) in [6.45, 7) is 0. The Morgan fingerprint density at radius 1 is 1.06 bits per heavy atom. The van der Waals surface area contributed by atoms with Crippen LogP contribution in [0.15, 0.2) is 4.90 Å². The standard InChI is InChI=1S/C9H6Cl5NO2S/c10-3-4(11)6(13)8(7(14)5(3)12)18-1-2(15)9(16)17/h2H,1,15H2,(H,16,17)/t2-/m0/s1. The van der Waals surface area contributed by atoms with Crippen molar-refractivity contribution in [2.75, 3.05) is 5.75 Å². The van der Waals surface area contributed by atoms with Crippen molar-refractivity contribution < 1.29 is 9.90 Å². The lowest BCUT2D eigenvalue weighted by Gasteiger charge is -2.13. The monoisotopic (exact) mass is 367 g/mol. The zero-order valence-corrected chi connectivity index (χ0v) is 13.1. The lowest BCUT2D eigenvalue weighted by molar-refractivity contribution is -0.137. The first-order chi connectivity index (χ1) is 8.27. The Balaban J connectivity index is 3.07. The van der Waals surface area contributed by atoms with E-state index in [2.05, 4.69) is 0 Å². The highest BCUT2D eigenvalue weighted by Crippen LogP contribution is 2.47. The van der Waals surface area contributed by atoms with Gasteiger partial charge in [0.2, 0.25) is 0 Å². The van der Waals surface area contributed by atoms with Crippen LogP contribution in [0.3, 0.4) is 0 Å². The van der Waals surface area contributed by atoms with Crippen LogP contribution in [0.5, 0.6) is 0 Å². The molecule has 1 atom stereocenters. The number of carbonyl (C=O) groups is 1. The van der Waals surface area contributed by atoms with Crippen molar-refractivity contribution in [3.8, 4) is 0 Å². The molecule has 9 heteroatoms. The number of aliphatic carboxylic acids is 1. The molecule has 0 saturated heterocycles. The van der Waals surface area contributed by atoms with E-state index in [9.17, 15) is 4.79 Å². The summed E-state index contributed by atoms with van der Waals surface area (Å²) in [4.78, 5) is 11.0. The van der Waals surface area contributed by atoms with E-state index in [4.69, 9.17) is 68.8 Å². The van der Waals surface area contributed by atoms with Gasteiger partial charge in [-0.3, -0.25) is 4.79 Å². The Bertz CT molecular complexity index is 467. The largest absolute Gasteiger partial charge is 0.480 e. The third-order valence-electron chi connectivity index (χ3n) is 1.89. The van der Waals surface area contributed by atoms with Crippen LogP contribution in [0.25, 0.3) is 0 Å². The summed E-state index contributed by atoms with van der Waals surface area (Å²) in [5.41, 5.74) is 5.37. The second-order valence-electron chi connectivity index (χ2n) is 3.15. The number of benzene rings is 1. The molecule has 3 N–H and O–H groups in total. The van der Waals surface area contributed by atoms with Gasteiger partial charge in [-0.15, -0.1) is 11.8 Å². The molecule has 0 aliphatic carbocycles. The minimum atomic E-state index is -1.12. The van der Waals surface area contributed by atoms with Crippen molar-refractivity contribution in [1.82, 2.24) is 0 Å². The summed E-state index contributed by atoms with van der Waals surface area (Å²) in [6.07, 6.45) is 0. The number of halogens is 5. The molecule has 100 valence electrons. The first-order valence-electron chi connectivity index (χ1n) is 4.40. The van der Waals surface area contributed by atoms with Crippen LogP contribution in [0.1, 0.15) is 0 Å². The maximum absolute atomic E-state index is 10.6. The molecule has 1 aromatic rings. The second kappa shape index (κ2) is 6.75. The number of hydrogen-bond acceptors (Lipinski definition) is 3. The Kier molecular flexibility index (Phi) is 6.19. The lowest BCUT2D eigenvalue weighted by Crippen LogP contribution is -2.32. The topological polar surface area (TPSA) is 63.3 Å². The van der Waals surface area contributed by atoms with Crippen molar-refractivity contribution in [2.45, 2.75) is 10.9 Å². The number of nitrogens with two attached hydrogens (primary N) is 1. The molecule has 1 rings (SSSR count). The fraction of sp³-hybridized carbons (Fsp3) is 0.222. The molecule has 18 heavy (non-hydrogen) atoms. The van der Waals surface area contributed by atoms with E-state index in [1.54, 1.807) is 0 Å². The zero-order valence-electron chi connectivity index (χ0n) is 8.52. The van der Waals surface area contributed by atoms with Gasteiger partial charge in [-0.1, -0.05) is 58.0 Å². The SMILES string of the molecule is N[C@@H](CSc1c(Cl)c(Cl)c(Cl)c(Cl)c1Cl)C(=O)O. The van der Waals surface area contributed by atoms with Crippen molar-refractivity contribution in [1.29, 1.82) is 0 Å². The van der Waals surface area contributed by atoms with Crippen LogP contribution in [-0.4, -0.2) is 22.9 Å². The summed E-state index contributed by atoms with van der Waals surface area (Å²) in [7, 11) is 0. The van der Waals surface area contributed by atoms with E-state index in [1.807, 2.05) is 0 Å². The average Bonchev–Trinajstić information content (AvgIpc) is 2.33. The summed E-state index contributed by atoms with van der Waals surface area (Å²) < 4.78 is 0. The Morgan fingerprint density at radius 3 is 1.83 bits per heavy atom. The third kappa shape index (κ3) is 3.51. The number of carboxylic acids is 1. The van der Waals surface area contributed by atoms with E-state index in [-0.39, 0.29) is 30.9 Å². The molecule has 0 bridgehead atoms. The first kappa shape index (κ1) is 16.5. The van der Waals surface area contributed by atoms with Crippen LogP contribution in [-0.2, 0) is 4.79 Å². The normalized spacial score (nSPS) is 12.6. The molecule has 0 amide bonds. The molecule has 1 aromatic carbocycles. The molecule has 0 fully saturated rings. The maximum Gasteiger partial charge on any atom is 0.321 e. The Labute approximate surface area is 132 Å². The van der Waals surface area contributed by atoms with Crippen molar-refractivity contribution in [2.24, 2.45) is 5.73 Å². The van der Waals surface area contributed by atoms with Crippen molar-refractivity contribution in [3.05, 3.63) is 25.1 Å². The van der Waals surface area contributed by atoms with Gasteiger partial charge in [-0.2, -0.15) is 0 Å². The molecular formula is C9H6Cl5NO2S. The summed E-state index contributed by atoms with van der Waals surface area (Å²) in [5, 5.41) is 9.11. The summed E-state index contributed by atoms with van der Waals surface area (Å²) in [6, 6.07) is -1.05. The average molecular weight is 369 g/mol. The van der Waals surface area contributed by atoms with E-state index in [1.165, 1.54) is 0 Å². The van der Waals surface area contributed by atoms with E-state index >= 15 is 0 Å². The zero-order chi connectivity index (χ0) is 14.0. The van der Waals surface area contributed by atoms with Gasteiger partial charge in [-0.05, 0) is 0 Å². The minimum absolute atomic E-state index is 0.0558. The van der Waals surface area contributed by atoms with Crippen LogP contribution in [0.2, 0.25) is 25.1 Å². The quantitative estimate of drug-likeness (QED) is 0.467. The Hall–Kier alpha value is 0.450. The first-order valence-corrected chi connectivity index (χ1v) is 7.27. The summed E-state index contributed by atoms with van der Waals surface area (Å²) >= 11 is 30.5. The van der Waals surface area contributed by atoms with Gasteiger partial charge >= 0.3 is 5.97 Å². The highest BCUT2D eigenvalue weighted by Gasteiger charge is 2.21. The van der Waals surface area contributed by atoms with E-state index in [0.717, 1.165) is 11.8 Å². The highest BCUT2D eigenvalue weighted by atomic mass is 35.5. The second-order valence-corrected chi connectivity index (χ2v) is 6.07. The van der Waals surface area contributed by atoms with Crippen LogP contribution in [0.4, 0.5) is 0 Å². The predicted molar refractivity (Wildman–Crippen MR) is 77.8 cm³/mol. The van der Waals surface area contributed by atoms with E-state index in [0.29, 0.717) is 4.90 Å². The minimum Gasteiger partial charge on any atom is -0.480 e. The van der Waals surface area contributed by atoms with Gasteiger partial charge in [0.1, 0.15) is 6.04 Å². The molecular weight excluding hydrogens is 363 g/mol. The maximum atomic E-state index is 10.6. The molecule has 0 aliphatic heterocycles. The van der Waals surface area contributed by atoms with Crippen molar-refractivity contribution in [3.63, 3.8) is 0 Å². The molecule has 0 aliphatic rings. The van der Waals surface area contributed by atoms with Crippen LogP contribution < -0.4 is 5.73 Å². The number of thioether (sulfide) groups is 1. The third-order valence-corrected chi connectivity index (χ3v) is 5.62. The number of rotatable bonds is 4. The van der Waals surface area contributed by atoms with Gasteiger partial charge in [0.05, 0.1) is 25.1 Å². The smallest absolute Gasteiger partial charge is 0.321 e. The van der Waals surface area contributed by atoms with Gasteiger partial charge in [-0.25, -0.2) is 0 Å². The predicted octanol–water partition coefficient (Wildman–Crippen LogP) is 4.46. The fourth-order valence-electron chi connectivity index (χ4n) is 0.956. The number of carboxylic acid groups (broad SMARTS) is 1. The molecule has 3 nitrogen and oxygen atoms in total. The van der Waals surface area contributed by atoms with Crippen LogP contribution >= 0.6 is 69.8 Å². The van der Waals surface area contributed by atoms with Gasteiger partial charge < -0.3 is 10.8 Å². The molecule has 0 heterocycles. The molecule has 0 aromatic heterocycles. The van der Waals surface area contributed by atoms with Gasteiger partial charge in [0.25, 0.3) is 0 Å². The summed E-state index contributed by atoms with van der Waals surface area (Å²) in [5.74, 6) is -1.05. The van der Waals surface area contributed by atoms with Crippen molar-refractivity contribution >= 4 is 75.7 Å². The Morgan fingerprint density at radius 2 is 1.44 bits per heavy atom. The van der Waals surface area contributed by atoms with Gasteiger partial charge in [0.15, 0.2) is 0 Å². The highest BCUT2D eigenvalue weighted by molar-refractivity contribution is 7.99. The fourth-order valence-corrected chi connectivity index (χ4v) is 3.48. The van der Waals surface area contributed by atoms with E-state index < -0.39 is 12.0 Å². The van der Waals surface area contributed by atoms with Crippen LogP contribution in [0, 0.1) is 0 Å². The number of hydrogen-bond donors (Lipinski definition) is 2. The molecule has 0 spiro atoms.